The molecule has 8 nitrogen and oxygen atoms in total. The molecule has 0 heterocycles. The van der Waals surface area contributed by atoms with Crippen LogP contribution in [0.4, 0.5) is 0 Å². The van der Waals surface area contributed by atoms with E-state index in [0.29, 0.717) is 0 Å². The van der Waals surface area contributed by atoms with Gasteiger partial charge in [0.05, 0.1) is 9.79 Å². The van der Waals surface area contributed by atoms with Crippen molar-refractivity contribution in [3.63, 3.8) is 0 Å². The van der Waals surface area contributed by atoms with Crippen LogP contribution in [0.3, 0.4) is 0 Å². The van der Waals surface area contributed by atoms with Gasteiger partial charge < -0.3 is 9.11 Å². The summed E-state index contributed by atoms with van der Waals surface area (Å²) >= 11 is 0. The Kier molecular flexibility index (Phi) is 4.76. The number of hydrogen-bond acceptors (Lipinski definition) is 8. The molecular formula is C14H6CoO8S2. The molecule has 0 aromatic heterocycles. The minimum Gasteiger partial charge on any atom is -0.744 e. The Bertz CT molecular complexity index is 1040. The quantitative estimate of drug-likeness (QED) is 0.531. The Morgan fingerprint density at radius 3 is 1.20 bits per heavy atom. The van der Waals surface area contributed by atoms with E-state index in [0.717, 1.165) is 36.4 Å². The molecule has 1 aliphatic rings. The Morgan fingerprint density at radius 2 is 0.920 bits per heavy atom. The van der Waals surface area contributed by atoms with Crippen LogP contribution in [-0.2, 0) is 37.0 Å². The molecule has 1 aliphatic carbocycles. The van der Waals surface area contributed by atoms with Gasteiger partial charge in [0.15, 0.2) is 11.6 Å². The normalized spacial score (nSPS) is 13.7. The number of benzene rings is 2. The second-order valence-electron chi connectivity index (χ2n) is 4.98. The second kappa shape index (κ2) is 6.12. The number of rotatable bonds is 2. The number of carbonyl (C=O) groups excluding carboxylic acids is 2. The summed E-state index contributed by atoms with van der Waals surface area (Å²) < 4.78 is 66.3. The molecule has 3 rings (SSSR count). The van der Waals surface area contributed by atoms with Crippen molar-refractivity contribution in [1.82, 2.24) is 0 Å². The van der Waals surface area contributed by atoms with Crippen LogP contribution in [0.5, 0.6) is 0 Å². The summed E-state index contributed by atoms with van der Waals surface area (Å²) in [5, 5.41) is 0. The molecule has 0 saturated heterocycles. The topological polar surface area (TPSA) is 149 Å². The van der Waals surface area contributed by atoms with E-state index in [4.69, 9.17) is 0 Å². The summed E-state index contributed by atoms with van der Waals surface area (Å²) in [5.74, 6) is -1.50. The molecule has 0 atom stereocenters. The van der Waals surface area contributed by atoms with Crippen molar-refractivity contribution < 1.29 is 52.3 Å². The molecule has 0 saturated carbocycles. The molecule has 131 valence electrons. The summed E-state index contributed by atoms with van der Waals surface area (Å²) in [7, 11) is -9.63. The first-order chi connectivity index (χ1) is 11.0. The van der Waals surface area contributed by atoms with Gasteiger partial charge in [-0.1, -0.05) is 0 Å². The first-order valence-electron chi connectivity index (χ1n) is 6.29. The molecule has 0 fully saturated rings. The van der Waals surface area contributed by atoms with Gasteiger partial charge in [0.2, 0.25) is 0 Å². The maximum absolute atomic E-state index is 12.4. The van der Waals surface area contributed by atoms with Crippen molar-refractivity contribution in [2.75, 3.05) is 0 Å². The third kappa shape index (κ3) is 3.29. The van der Waals surface area contributed by atoms with E-state index in [-0.39, 0.29) is 39.0 Å². The summed E-state index contributed by atoms with van der Waals surface area (Å²) in [4.78, 5) is 23.5. The van der Waals surface area contributed by atoms with Crippen LogP contribution in [0.2, 0.25) is 0 Å². The maximum Gasteiger partial charge on any atom is 2.00 e. The van der Waals surface area contributed by atoms with E-state index >= 15 is 0 Å². The van der Waals surface area contributed by atoms with Crippen molar-refractivity contribution in [2.45, 2.75) is 9.79 Å². The van der Waals surface area contributed by atoms with Crippen molar-refractivity contribution >= 4 is 31.8 Å². The van der Waals surface area contributed by atoms with Gasteiger partial charge in [-0.15, -0.1) is 0 Å². The molecule has 1 radical (unpaired) electrons. The number of ketones is 2. The monoisotopic (exact) mass is 425 g/mol. The van der Waals surface area contributed by atoms with Crippen molar-refractivity contribution in [2.24, 2.45) is 0 Å². The zero-order chi connectivity index (χ0) is 17.9. The molecule has 0 amide bonds. The van der Waals surface area contributed by atoms with E-state index in [9.17, 15) is 35.5 Å². The van der Waals surface area contributed by atoms with Gasteiger partial charge in [0, 0.05) is 22.3 Å². The average molecular weight is 425 g/mol. The third-order valence-electron chi connectivity index (χ3n) is 3.54. The fourth-order valence-corrected chi connectivity index (χ4v) is 3.41. The zero-order valence-corrected chi connectivity index (χ0v) is 14.6. The van der Waals surface area contributed by atoms with Crippen LogP contribution in [0.25, 0.3) is 0 Å². The van der Waals surface area contributed by atoms with E-state index in [1.54, 1.807) is 0 Å². The van der Waals surface area contributed by atoms with Gasteiger partial charge in [-0.25, -0.2) is 16.8 Å². The predicted octanol–water partition coefficient (Wildman–Crippen LogP) is 0.268. The summed E-state index contributed by atoms with van der Waals surface area (Å²) in [6.07, 6.45) is 0. The first kappa shape index (κ1) is 19.4. The molecule has 25 heavy (non-hydrogen) atoms. The first-order valence-corrected chi connectivity index (χ1v) is 9.11. The average Bonchev–Trinajstić information content (AvgIpc) is 2.49. The Labute approximate surface area is 152 Å². The Morgan fingerprint density at radius 1 is 0.600 bits per heavy atom. The fourth-order valence-electron chi connectivity index (χ4n) is 2.42. The van der Waals surface area contributed by atoms with E-state index < -0.39 is 41.6 Å². The number of hydrogen-bond donors (Lipinski definition) is 0. The van der Waals surface area contributed by atoms with E-state index in [1.165, 1.54) is 0 Å². The summed E-state index contributed by atoms with van der Waals surface area (Å²) in [6, 6.07) is 5.37. The largest absolute Gasteiger partial charge is 2.00 e. The Hall–Kier alpha value is -1.89. The molecule has 2 aromatic rings. The maximum atomic E-state index is 12.4. The van der Waals surface area contributed by atoms with Crippen molar-refractivity contribution in [3.05, 3.63) is 58.7 Å². The molecular weight excluding hydrogens is 419 g/mol. The van der Waals surface area contributed by atoms with Crippen LogP contribution in [0.1, 0.15) is 31.8 Å². The van der Waals surface area contributed by atoms with Crippen LogP contribution >= 0.6 is 0 Å². The zero-order valence-electron chi connectivity index (χ0n) is 11.9. The molecule has 11 heteroatoms. The number of carbonyl (C=O) groups is 2. The molecule has 2 aromatic carbocycles. The van der Waals surface area contributed by atoms with Gasteiger partial charge in [-0.2, -0.15) is 0 Å². The van der Waals surface area contributed by atoms with Gasteiger partial charge in [0.25, 0.3) is 0 Å². The predicted molar refractivity (Wildman–Crippen MR) is 75.7 cm³/mol. The van der Waals surface area contributed by atoms with Gasteiger partial charge in [-0.3, -0.25) is 9.59 Å². The van der Waals surface area contributed by atoms with Crippen LogP contribution < -0.4 is 0 Å². The SMILES string of the molecule is O=C1c2ccc(S(=O)(=O)[O-])cc2C(=O)c2ccc(S(=O)(=O)[O-])cc21.[Co+2]. The van der Waals surface area contributed by atoms with Crippen LogP contribution in [0.15, 0.2) is 46.2 Å². The summed E-state index contributed by atoms with van der Waals surface area (Å²) in [6.45, 7) is 0. The van der Waals surface area contributed by atoms with Crippen LogP contribution in [0, 0.1) is 0 Å². The van der Waals surface area contributed by atoms with Gasteiger partial charge in [-0.05, 0) is 36.4 Å². The second-order valence-corrected chi connectivity index (χ2v) is 7.74. The molecule has 0 spiro atoms. The van der Waals surface area contributed by atoms with Crippen molar-refractivity contribution in [1.29, 1.82) is 0 Å². The van der Waals surface area contributed by atoms with E-state index in [1.807, 2.05) is 0 Å². The molecule has 0 N–H and O–H groups in total. The molecule has 0 aliphatic heterocycles. The third-order valence-corrected chi connectivity index (χ3v) is 5.20. The minimum atomic E-state index is -4.81. The summed E-state index contributed by atoms with van der Waals surface area (Å²) in [5.41, 5.74) is -0.912. The van der Waals surface area contributed by atoms with Gasteiger partial charge >= 0.3 is 16.8 Å². The van der Waals surface area contributed by atoms with Gasteiger partial charge in [0.1, 0.15) is 20.2 Å². The Balaban J connectivity index is 0.00000225. The standard InChI is InChI=1S/C14H8O8S2.Co/c15-13-9-3-1-7(23(17,18)19)5-11(9)14(16)10-4-2-8(6-12(10)13)24(20,21)22;/h1-6H,(H,17,18,19)(H,20,21,22);/q;+2/p-2. The minimum absolute atomic E-state index is 0. The van der Waals surface area contributed by atoms with Crippen molar-refractivity contribution in [3.8, 4) is 0 Å². The molecule has 0 bridgehead atoms. The van der Waals surface area contributed by atoms with E-state index in [2.05, 4.69) is 0 Å². The fraction of sp³-hybridized carbons (Fsp3) is 0. The van der Waals surface area contributed by atoms with Crippen LogP contribution in [-0.4, -0.2) is 37.5 Å². The molecule has 0 unspecified atom stereocenters. The number of fused-ring (bicyclic) bond motifs is 2. The smallest absolute Gasteiger partial charge is 0.744 e.